The lowest BCUT2D eigenvalue weighted by Crippen LogP contribution is -2.44. The van der Waals surface area contributed by atoms with Crippen LogP contribution >= 0.6 is 22.6 Å². The second-order valence-corrected chi connectivity index (χ2v) is 4.46. The van der Waals surface area contributed by atoms with E-state index in [0.717, 1.165) is 3.57 Å². The van der Waals surface area contributed by atoms with Crippen molar-refractivity contribution in [1.82, 2.24) is 5.32 Å². The topological polar surface area (TPSA) is 75.6 Å². The zero-order valence-corrected chi connectivity index (χ0v) is 11.3. The molecule has 1 rings (SSSR count). The van der Waals surface area contributed by atoms with E-state index in [-0.39, 0.29) is 6.61 Å². The number of hydrogen-bond donors (Lipinski definition) is 2. The standard InChI is InChI=1S/C11H12INO4/c1-17-6-9(11(15)16)13-10(14)7-4-2-3-5-8(7)12/h2-5,9H,6H2,1H3,(H,13,14)(H,15,16). The van der Waals surface area contributed by atoms with Crippen LogP contribution in [0.3, 0.4) is 0 Å². The van der Waals surface area contributed by atoms with Gasteiger partial charge >= 0.3 is 5.97 Å². The third kappa shape index (κ3) is 3.97. The first-order valence-electron chi connectivity index (χ1n) is 4.83. The van der Waals surface area contributed by atoms with E-state index >= 15 is 0 Å². The lowest BCUT2D eigenvalue weighted by atomic mass is 10.2. The molecule has 2 N–H and O–H groups in total. The second-order valence-electron chi connectivity index (χ2n) is 3.30. The molecule has 17 heavy (non-hydrogen) atoms. The molecule has 1 aromatic rings. The van der Waals surface area contributed by atoms with E-state index < -0.39 is 17.9 Å². The summed E-state index contributed by atoms with van der Waals surface area (Å²) in [5.41, 5.74) is 0.454. The Bertz CT molecular complexity index is 422. The largest absolute Gasteiger partial charge is 0.480 e. The average molecular weight is 349 g/mol. The number of carbonyl (C=O) groups is 2. The summed E-state index contributed by atoms with van der Waals surface area (Å²) in [4.78, 5) is 22.7. The molecule has 92 valence electrons. The van der Waals surface area contributed by atoms with Crippen molar-refractivity contribution in [1.29, 1.82) is 0 Å². The molecule has 5 nitrogen and oxygen atoms in total. The number of rotatable bonds is 5. The van der Waals surface area contributed by atoms with Crippen molar-refractivity contribution in [3.05, 3.63) is 33.4 Å². The van der Waals surface area contributed by atoms with Gasteiger partial charge in [-0.05, 0) is 34.7 Å². The van der Waals surface area contributed by atoms with Crippen LogP contribution in [0, 0.1) is 3.57 Å². The van der Waals surface area contributed by atoms with Gasteiger partial charge in [-0.25, -0.2) is 4.79 Å². The Hall–Kier alpha value is -1.15. The van der Waals surface area contributed by atoms with Crippen LogP contribution in [0.5, 0.6) is 0 Å². The zero-order chi connectivity index (χ0) is 12.8. The lowest BCUT2D eigenvalue weighted by molar-refractivity contribution is -0.140. The summed E-state index contributed by atoms with van der Waals surface area (Å²) in [7, 11) is 1.38. The highest BCUT2D eigenvalue weighted by molar-refractivity contribution is 14.1. The molecule has 1 amide bonds. The summed E-state index contributed by atoms with van der Waals surface area (Å²) in [5, 5.41) is 11.3. The van der Waals surface area contributed by atoms with Gasteiger partial charge in [0, 0.05) is 10.7 Å². The van der Waals surface area contributed by atoms with Gasteiger partial charge in [-0.2, -0.15) is 0 Å². The minimum Gasteiger partial charge on any atom is -0.480 e. The minimum atomic E-state index is -1.12. The van der Waals surface area contributed by atoms with Gasteiger partial charge in [-0.15, -0.1) is 0 Å². The van der Waals surface area contributed by atoms with E-state index in [1.54, 1.807) is 18.2 Å². The third-order valence-corrected chi connectivity index (χ3v) is 3.00. The number of carboxylic acids is 1. The van der Waals surface area contributed by atoms with E-state index in [9.17, 15) is 9.59 Å². The highest BCUT2D eigenvalue weighted by atomic mass is 127. The molecule has 1 aromatic carbocycles. The molecule has 1 unspecified atom stereocenters. The van der Waals surface area contributed by atoms with Crippen molar-refractivity contribution in [3.63, 3.8) is 0 Å². The highest BCUT2D eigenvalue weighted by Gasteiger charge is 2.21. The molecule has 0 saturated heterocycles. The number of methoxy groups -OCH3 is 1. The molecule has 0 bridgehead atoms. The summed E-state index contributed by atoms with van der Waals surface area (Å²) in [6.45, 7) is -0.0650. The molecule has 6 heteroatoms. The molecule has 0 radical (unpaired) electrons. The van der Waals surface area contributed by atoms with Gasteiger partial charge in [-0.1, -0.05) is 12.1 Å². The molecule has 1 atom stereocenters. The van der Waals surface area contributed by atoms with Crippen molar-refractivity contribution in [3.8, 4) is 0 Å². The molecular weight excluding hydrogens is 337 g/mol. The first kappa shape index (κ1) is 13.9. The fraction of sp³-hybridized carbons (Fsp3) is 0.273. The number of carboxylic acid groups (broad SMARTS) is 1. The Morgan fingerprint density at radius 3 is 2.65 bits per heavy atom. The van der Waals surface area contributed by atoms with E-state index in [2.05, 4.69) is 5.32 Å². The first-order valence-corrected chi connectivity index (χ1v) is 5.91. The molecule has 0 spiro atoms. The number of hydrogen-bond acceptors (Lipinski definition) is 3. The van der Waals surface area contributed by atoms with E-state index in [0.29, 0.717) is 5.56 Å². The molecule has 0 aliphatic heterocycles. The summed E-state index contributed by atoms with van der Waals surface area (Å²) in [5.74, 6) is -1.54. The maximum atomic E-state index is 11.8. The van der Waals surface area contributed by atoms with E-state index in [4.69, 9.17) is 9.84 Å². The van der Waals surface area contributed by atoms with Crippen molar-refractivity contribution >= 4 is 34.5 Å². The number of halogens is 1. The summed E-state index contributed by atoms with van der Waals surface area (Å²) in [6.07, 6.45) is 0. The third-order valence-electron chi connectivity index (χ3n) is 2.06. The number of nitrogens with one attached hydrogen (secondary N) is 1. The maximum absolute atomic E-state index is 11.8. The number of aliphatic carboxylic acids is 1. The monoisotopic (exact) mass is 349 g/mol. The van der Waals surface area contributed by atoms with Gasteiger partial charge in [0.25, 0.3) is 5.91 Å². The highest BCUT2D eigenvalue weighted by Crippen LogP contribution is 2.11. The van der Waals surface area contributed by atoms with Gasteiger partial charge in [0.05, 0.1) is 12.2 Å². The Kier molecular flexibility index (Phi) is 5.36. The molecule has 0 heterocycles. The van der Waals surface area contributed by atoms with Crippen LogP contribution < -0.4 is 5.32 Å². The fourth-order valence-electron chi connectivity index (χ4n) is 1.22. The fourth-order valence-corrected chi connectivity index (χ4v) is 1.86. The van der Waals surface area contributed by atoms with Crippen LogP contribution in [0.4, 0.5) is 0 Å². The van der Waals surface area contributed by atoms with Crippen molar-refractivity contribution in [2.75, 3.05) is 13.7 Å². The van der Waals surface area contributed by atoms with Crippen LogP contribution in [0.25, 0.3) is 0 Å². The molecular formula is C11H12INO4. The SMILES string of the molecule is COCC(NC(=O)c1ccccc1I)C(=O)O. The summed E-state index contributed by atoms with van der Waals surface area (Å²) < 4.78 is 5.50. The molecule has 0 aliphatic rings. The molecule has 0 aliphatic carbocycles. The van der Waals surface area contributed by atoms with Gasteiger partial charge in [0.1, 0.15) is 0 Å². The number of amides is 1. The second kappa shape index (κ2) is 6.55. The quantitative estimate of drug-likeness (QED) is 0.782. The molecule has 0 aromatic heterocycles. The van der Waals surface area contributed by atoms with Crippen LogP contribution in [0.1, 0.15) is 10.4 Å². The Labute approximate surface area is 112 Å². The van der Waals surface area contributed by atoms with Gasteiger partial charge < -0.3 is 15.2 Å². The van der Waals surface area contributed by atoms with E-state index in [1.807, 2.05) is 28.7 Å². The smallest absolute Gasteiger partial charge is 0.328 e. The van der Waals surface area contributed by atoms with E-state index in [1.165, 1.54) is 7.11 Å². The minimum absolute atomic E-state index is 0.0650. The van der Waals surface area contributed by atoms with Gasteiger partial charge in [0.15, 0.2) is 6.04 Å². The Morgan fingerprint density at radius 2 is 2.12 bits per heavy atom. The lowest BCUT2D eigenvalue weighted by Gasteiger charge is -2.13. The first-order chi connectivity index (χ1) is 8.06. The van der Waals surface area contributed by atoms with Crippen LogP contribution in [-0.2, 0) is 9.53 Å². The normalized spacial score (nSPS) is 11.9. The molecule has 0 saturated carbocycles. The summed E-state index contributed by atoms with van der Waals surface area (Å²) in [6, 6.07) is 5.92. The van der Waals surface area contributed by atoms with Gasteiger partial charge in [-0.3, -0.25) is 4.79 Å². The predicted molar refractivity (Wildman–Crippen MR) is 69.9 cm³/mol. The number of carbonyl (C=O) groups excluding carboxylic acids is 1. The maximum Gasteiger partial charge on any atom is 0.328 e. The van der Waals surface area contributed by atoms with Gasteiger partial charge in [0.2, 0.25) is 0 Å². The average Bonchev–Trinajstić information content (AvgIpc) is 2.28. The Balaban J connectivity index is 2.77. The van der Waals surface area contributed by atoms with Crippen LogP contribution in [0.15, 0.2) is 24.3 Å². The number of ether oxygens (including phenoxy) is 1. The number of benzene rings is 1. The van der Waals surface area contributed by atoms with Crippen molar-refractivity contribution < 1.29 is 19.4 Å². The summed E-state index contributed by atoms with van der Waals surface area (Å²) >= 11 is 2.02. The zero-order valence-electron chi connectivity index (χ0n) is 9.14. The van der Waals surface area contributed by atoms with Crippen molar-refractivity contribution in [2.45, 2.75) is 6.04 Å². The predicted octanol–water partition coefficient (Wildman–Crippen LogP) is 1.12. The van der Waals surface area contributed by atoms with Crippen LogP contribution in [-0.4, -0.2) is 36.7 Å². The van der Waals surface area contributed by atoms with Crippen molar-refractivity contribution in [2.24, 2.45) is 0 Å². The molecule has 0 fully saturated rings. The van der Waals surface area contributed by atoms with Crippen LogP contribution in [0.2, 0.25) is 0 Å². The Morgan fingerprint density at radius 1 is 1.47 bits per heavy atom.